The third-order valence-corrected chi connectivity index (χ3v) is 1.50. The van der Waals surface area contributed by atoms with E-state index in [-0.39, 0.29) is 0 Å². The Labute approximate surface area is 85.9 Å². The zero-order valence-electron chi connectivity index (χ0n) is 8.93. The summed E-state index contributed by atoms with van der Waals surface area (Å²) in [6.45, 7) is 1.10. The van der Waals surface area contributed by atoms with Crippen LogP contribution in [0.2, 0.25) is 0 Å². The molecule has 0 aliphatic heterocycles. The van der Waals surface area contributed by atoms with Crippen molar-refractivity contribution in [3.8, 4) is 0 Å². The van der Waals surface area contributed by atoms with E-state index in [0.29, 0.717) is 0 Å². The van der Waals surface area contributed by atoms with Gasteiger partial charge < -0.3 is 4.48 Å². The fraction of sp³-hybridized carbons (Fsp3) is 0.400. The first-order valence-electron chi connectivity index (χ1n) is 4.39. The van der Waals surface area contributed by atoms with Gasteiger partial charge in [-0.2, -0.15) is 0 Å². The van der Waals surface area contributed by atoms with Gasteiger partial charge in [0.15, 0.2) is 0 Å². The van der Waals surface area contributed by atoms with Crippen LogP contribution < -0.4 is 5.02 Å². The summed E-state index contributed by atoms with van der Waals surface area (Å²) < 4.78 is 9.24. The van der Waals surface area contributed by atoms with Crippen LogP contribution in [0.15, 0.2) is 30.3 Å². The van der Waals surface area contributed by atoms with Crippen LogP contribution >= 0.6 is 0 Å². The Morgan fingerprint density at radius 1 is 1.21 bits per heavy atom. The number of quaternary nitrogens is 1. The predicted octanol–water partition coefficient (Wildman–Crippen LogP) is 0.204. The van der Waals surface area contributed by atoms with Gasteiger partial charge in [-0.1, -0.05) is 30.3 Å². The summed E-state index contributed by atoms with van der Waals surface area (Å²) in [5, 5.41) is 8.25. The van der Waals surface area contributed by atoms with Crippen LogP contribution in [0.25, 0.3) is 0 Å². The number of nitrogens with zero attached hydrogens (tertiary/aromatic N) is 1. The van der Waals surface area contributed by atoms with Crippen molar-refractivity contribution >= 4 is 7.35 Å². The number of benzene rings is 1. The Morgan fingerprint density at radius 3 is 2.00 bits per heavy atom. The van der Waals surface area contributed by atoms with Crippen LogP contribution in [0.1, 0.15) is 5.56 Å². The van der Waals surface area contributed by atoms with Crippen molar-refractivity contribution in [2.45, 2.75) is 6.54 Å². The first-order valence-corrected chi connectivity index (χ1v) is 4.39. The van der Waals surface area contributed by atoms with Gasteiger partial charge in [0, 0.05) is 5.56 Å². The van der Waals surface area contributed by atoms with Crippen molar-refractivity contribution in [2.75, 3.05) is 21.1 Å². The molecule has 0 heterocycles. The summed E-state index contributed by atoms with van der Waals surface area (Å²) in [6, 6.07) is 10.6. The third-order valence-electron chi connectivity index (χ3n) is 1.50. The van der Waals surface area contributed by atoms with Gasteiger partial charge in [-0.25, -0.2) is 0 Å². The normalized spacial score (nSPS) is 9.64. The van der Waals surface area contributed by atoms with E-state index in [9.17, 15) is 0 Å². The van der Waals surface area contributed by atoms with Gasteiger partial charge in [-0.3, -0.25) is 0 Å². The Kier molecular flexibility index (Phi) is 5.80. The Morgan fingerprint density at radius 2 is 1.64 bits per heavy atom. The summed E-state index contributed by atoms with van der Waals surface area (Å²) in [5.41, 5.74) is 1.40. The Bertz CT molecular complexity index is 257. The van der Waals surface area contributed by atoms with Crippen LogP contribution in [0.5, 0.6) is 0 Å². The van der Waals surface area contributed by atoms with E-state index in [2.05, 4.69) is 51.5 Å². The zero-order chi connectivity index (χ0) is 11.0. The third kappa shape index (κ3) is 7.49. The van der Waals surface area contributed by atoms with Gasteiger partial charge in [0.2, 0.25) is 0 Å². The molecule has 0 aliphatic rings. The van der Waals surface area contributed by atoms with Crippen LogP contribution in [0.4, 0.5) is 0 Å². The first-order chi connectivity index (χ1) is 6.49. The minimum absolute atomic E-state index is 0.500. The summed E-state index contributed by atoms with van der Waals surface area (Å²) in [7, 11) is 6.10. The molecule has 0 amide bonds. The Hall–Kier alpha value is -1.16. The summed E-state index contributed by atoms with van der Waals surface area (Å²) in [5.74, 6) is 0. The molecule has 0 saturated carbocycles. The van der Waals surface area contributed by atoms with E-state index in [4.69, 9.17) is 9.73 Å². The molecule has 0 atom stereocenters. The maximum atomic E-state index is 8.25. The Balaban J connectivity index is 0.000000500. The van der Waals surface area contributed by atoms with Crippen molar-refractivity contribution in [3.05, 3.63) is 35.9 Å². The molecule has 1 aromatic carbocycles. The van der Waals surface area contributed by atoms with Gasteiger partial charge in [0.25, 0.3) is 0 Å². The molecule has 1 rings (SSSR count). The second-order valence-corrected chi connectivity index (χ2v) is 4.03. The average molecular weight is 193 g/mol. The van der Waals surface area contributed by atoms with E-state index in [0.717, 1.165) is 11.0 Å². The quantitative estimate of drug-likeness (QED) is 0.497. The van der Waals surface area contributed by atoms with Crippen molar-refractivity contribution in [3.63, 3.8) is 0 Å². The molecule has 0 radical (unpaired) electrons. The molecular weight excluding hydrogens is 177 g/mol. The van der Waals surface area contributed by atoms with Crippen LogP contribution in [0.3, 0.4) is 0 Å². The maximum absolute atomic E-state index is 8.25. The van der Waals surface area contributed by atoms with E-state index in [1.165, 1.54) is 5.56 Å². The molecule has 0 spiro atoms. The SMILES string of the molecule is C[N+](C)(C)Cc1ccccc1.O=B[O-]. The molecule has 0 aromatic heterocycles. The molecular formula is C10H16BNO2. The van der Waals surface area contributed by atoms with Gasteiger partial charge in [-0.15, -0.1) is 0 Å². The molecule has 0 saturated heterocycles. The van der Waals surface area contributed by atoms with E-state index in [1.54, 1.807) is 0 Å². The molecule has 3 nitrogen and oxygen atoms in total. The average Bonchev–Trinajstić information content (AvgIpc) is 2.04. The van der Waals surface area contributed by atoms with Crippen molar-refractivity contribution in [2.24, 2.45) is 0 Å². The molecule has 0 N–H and O–H groups in total. The number of hydrogen-bond donors (Lipinski definition) is 0. The standard InChI is InChI=1S/C10H16N.BO2/c1-11(2,3)9-10-7-5-4-6-8-10;2-1-3/h4-8H,9H2,1-3H3;/q+1;-1. The predicted molar refractivity (Wildman–Crippen MR) is 54.6 cm³/mol. The molecule has 14 heavy (non-hydrogen) atoms. The van der Waals surface area contributed by atoms with Gasteiger partial charge >= 0.3 is 17.1 Å². The van der Waals surface area contributed by atoms with E-state index < -0.39 is 7.35 Å². The molecule has 76 valence electrons. The second-order valence-electron chi connectivity index (χ2n) is 4.03. The second kappa shape index (κ2) is 6.32. The van der Waals surface area contributed by atoms with Crippen LogP contribution in [-0.2, 0) is 11.2 Å². The molecule has 0 aliphatic carbocycles. The molecule has 0 bridgehead atoms. The molecule has 4 heteroatoms. The van der Waals surface area contributed by atoms with Crippen molar-refractivity contribution in [1.82, 2.24) is 0 Å². The minimum atomic E-state index is -0.500. The fourth-order valence-corrected chi connectivity index (χ4v) is 1.13. The van der Waals surface area contributed by atoms with Crippen LogP contribution in [-0.4, -0.2) is 33.0 Å². The van der Waals surface area contributed by atoms with E-state index in [1.807, 2.05) is 0 Å². The molecule has 0 fully saturated rings. The van der Waals surface area contributed by atoms with Crippen LogP contribution in [0, 0.1) is 0 Å². The zero-order valence-corrected chi connectivity index (χ0v) is 8.93. The first kappa shape index (κ1) is 12.8. The number of rotatable bonds is 2. The molecule has 0 unspecified atom stereocenters. The summed E-state index contributed by atoms with van der Waals surface area (Å²) in [4.78, 5) is 0. The topological polar surface area (TPSA) is 40.1 Å². The van der Waals surface area contributed by atoms with Crippen molar-refractivity contribution < 1.29 is 14.2 Å². The van der Waals surface area contributed by atoms with Crippen molar-refractivity contribution in [1.29, 1.82) is 0 Å². The monoisotopic (exact) mass is 193 g/mol. The number of hydrogen-bond acceptors (Lipinski definition) is 2. The van der Waals surface area contributed by atoms with Gasteiger partial charge in [0.1, 0.15) is 6.54 Å². The fourth-order valence-electron chi connectivity index (χ4n) is 1.13. The summed E-state index contributed by atoms with van der Waals surface area (Å²) in [6.07, 6.45) is 0. The van der Waals surface area contributed by atoms with Gasteiger partial charge in [-0.05, 0) is 0 Å². The summed E-state index contributed by atoms with van der Waals surface area (Å²) >= 11 is 0. The van der Waals surface area contributed by atoms with Gasteiger partial charge in [0.05, 0.1) is 21.1 Å². The van der Waals surface area contributed by atoms with E-state index >= 15 is 0 Å². The molecule has 1 aromatic rings.